The Bertz CT molecular complexity index is 6180. The third-order valence-corrected chi connectivity index (χ3v) is 23.8. The lowest BCUT2D eigenvalue weighted by molar-refractivity contribution is 0.122. The predicted octanol–water partition coefficient (Wildman–Crippen LogP) is 17.9. The number of rotatable bonds is 6. The van der Waals surface area contributed by atoms with Crippen molar-refractivity contribution in [3.63, 3.8) is 0 Å². The molecule has 27 nitrogen and oxygen atoms in total. The Balaban J connectivity index is 0.000000119. The number of hydrogen-bond acceptors (Lipinski definition) is 21. The lowest BCUT2D eigenvalue weighted by atomic mass is 10.2. The van der Waals surface area contributed by atoms with Gasteiger partial charge in [0.2, 0.25) is 0 Å². The highest BCUT2D eigenvalue weighted by atomic mass is 16.5. The van der Waals surface area contributed by atoms with Gasteiger partial charge in [0, 0.05) is 273 Å². The summed E-state index contributed by atoms with van der Waals surface area (Å²) in [5.41, 5.74) is 13.3. The molecule has 24 heterocycles. The smallest absolute Gasteiger partial charge is 0.143 e. The number of morpholine rings is 2. The highest BCUT2D eigenvalue weighted by Crippen LogP contribution is 2.36. The van der Waals surface area contributed by atoms with Crippen molar-refractivity contribution >= 4 is 167 Å². The van der Waals surface area contributed by atoms with Gasteiger partial charge >= 0.3 is 0 Å². The molecule has 27 heteroatoms. The maximum Gasteiger partial charge on any atom is 0.143 e. The monoisotopic (exact) mass is 1680 g/mol. The average molecular weight is 1680 g/mol. The topological polar surface area (TPSA) is 225 Å². The fraction of sp³-hybridized carbons (Fsp3) is 0.388. The van der Waals surface area contributed by atoms with E-state index in [1.54, 1.807) is 0 Å². The molecule has 18 aromatic rings. The number of fused-ring (bicyclic) bond motifs is 18. The van der Waals surface area contributed by atoms with Crippen LogP contribution >= 0.6 is 0 Å². The minimum absolute atomic E-state index is 0.777. The first-order chi connectivity index (χ1) is 61.5. The number of ether oxygens (including phenoxy) is 2. The van der Waals surface area contributed by atoms with Crippen LogP contribution in [0.25, 0.3) is 132 Å². The van der Waals surface area contributed by atoms with Crippen LogP contribution < -0.4 is 29.4 Å². The minimum atomic E-state index is 0.777. The van der Waals surface area contributed by atoms with Gasteiger partial charge in [-0.25, -0.2) is 29.9 Å². The van der Waals surface area contributed by atoms with Gasteiger partial charge in [-0.1, -0.05) is 69.2 Å². The number of pyridine rings is 12. The molecule has 125 heavy (non-hydrogen) atoms. The number of hydrogen-bond donors (Lipinski definition) is 0. The summed E-state index contributed by atoms with van der Waals surface area (Å²) in [5.74, 6) is 6.40. The van der Waals surface area contributed by atoms with Crippen molar-refractivity contribution in [2.75, 3.05) is 155 Å². The molecule has 6 aliphatic rings. The number of nitrogens with zero attached hydrogens (tertiary/aromatic N) is 25. The lowest BCUT2D eigenvalue weighted by Crippen LogP contribution is -2.44. The molecule has 0 aliphatic carbocycles. The quantitative estimate of drug-likeness (QED) is 0.151. The van der Waals surface area contributed by atoms with Crippen LogP contribution in [0.15, 0.2) is 184 Å². The van der Waals surface area contributed by atoms with Gasteiger partial charge in [0.1, 0.15) is 68.8 Å². The number of likely N-dealkylation sites (N-methyl/N-ethyl adjacent to an activating group) is 1. The van der Waals surface area contributed by atoms with Crippen molar-refractivity contribution < 1.29 is 9.47 Å². The van der Waals surface area contributed by atoms with E-state index in [1.165, 1.54) is 95.5 Å². The second-order valence-corrected chi connectivity index (χ2v) is 30.5. The molecular weight excluding hydrogens is 1560 g/mol. The van der Waals surface area contributed by atoms with Crippen molar-refractivity contribution in [3.8, 4) is 0 Å². The molecule has 0 atom stereocenters. The molecule has 0 spiro atoms. The summed E-state index contributed by atoms with van der Waals surface area (Å²) in [6.07, 6.45) is 26.3. The average Bonchev–Trinajstić information content (AvgIpc) is 1.65. The molecule has 0 N–H and O–H groups in total. The second kappa shape index (κ2) is 41.2. The number of aryl methyl sites for hydroxylation is 6. The van der Waals surface area contributed by atoms with Crippen LogP contribution in [0.2, 0.25) is 0 Å². The summed E-state index contributed by atoms with van der Waals surface area (Å²) in [7, 11) is 14.6. The molecule has 6 fully saturated rings. The highest BCUT2D eigenvalue weighted by molar-refractivity contribution is 6.11. The predicted molar refractivity (Wildman–Crippen MR) is 519 cm³/mol. The normalized spacial score (nSPS) is 14.9. The summed E-state index contributed by atoms with van der Waals surface area (Å²) in [5, 5.41) is 14.1. The van der Waals surface area contributed by atoms with E-state index in [9.17, 15) is 0 Å². The molecule has 0 unspecified atom stereocenters. The Hall–Kier alpha value is -12.7. The fourth-order valence-electron chi connectivity index (χ4n) is 16.7. The molecule has 24 rings (SSSR count). The van der Waals surface area contributed by atoms with Crippen molar-refractivity contribution in [2.45, 2.75) is 88.5 Å². The summed E-state index contributed by atoms with van der Waals surface area (Å²) in [6.45, 7) is 37.8. The first-order valence-corrected chi connectivity index (χ1v) is 44.9. The summed E-state index contributed by atoms with van der Waals surface area (Å²) >= 11 is 0. The maximum absolute atomic E-state index is 5.40. The number of piperazine rings is 1. The molecule has 18 aromatic heterocycles. The largest absolute Gasteiger partial charge is 0.378 e. The summed E-state index contributed by atoms with van der Waals surface area (Å²) < 4.78 is 23.7. The van der Waals surface area contributed by atoms with E-state index in [0.717, 1.165) is 208 Å². The maximum atomic E-state index is 5.40. The van der Waals surface area contributed by atoms with Crippen LogP contribution in [0, 0.1) is 0 Å². The van der Waals surface area contributed by atoms with Crippen molar-refractivity contribution in [2.24, 2.45) is 42.3 Å². The van der Waals surface area contributed by atoms with Crippen LogP contribution in [0.3, 0.4) is 0 Å². The Morgan fingerprint density at radius 1 is 0.200 bits per heavy atom. The molecule has 0 saturated carbocycles. The third-order valence-electron chi connectivity index (χ3n) is 23.8. The van der Waals surface area contributed by atoms with E-state index in [0.29, 0.717) is 0 Å². The van der Waals surface area contributed by atoms with Gasteiger partial charge in [-0.2, -0.15) is 0 Å². The lowest BCUT2D eigenvalue weighted by Gasteiger charge is -2.33. The van der Waals surface area contributed by atoms with Gasteiger partial charge < -0.3 is 71.2 Å². The van der Waals surface area contributed by atoms with Gasteiger partial charge in [-0.15, -0.1) is 0 Å². The molecule has 0 aromatic carbocycles. The third kappa shape index (κ3) is 18.1. The number of aromatic nitrogens is 18. The Labute approximate surface area is 732 Å². The zero-order valence-electron chi connectivity index (χ0n) is 76.2. The van der Waals surface area contributed by atoms with Gasteiger partial charge in [0.25, 0.3) is 0 Å². The Morgan fingerprint density at radius 3 is 0.552 bits per heavy atom. The van der Waals surface area contributed by atoms with Crippen LogP contribution in [0.4, 0.5) is 34.9 Å². The fourth-order valence-corrected chi connectivity index (χ4v) is 16.7. The van der Waals surface area contributed by atoms with Crippen LogP contribution in [0.5, 0.6) is 0 Å². The Morgan fingerprint density at radius 2 is 0.376 bits per heavy atom. The second-order valence-electron chi connectivity index (χ2n) is 30.5. The zero-order valence-corrected chi connectivity index (χ0v) is 76.2. The first-order valence-electron chi connectivity index (χ1n) is 44.9. The van der Waals surface area contributed by atoms with Gasteiger partial charge in [0.05, 0.1) is 59.5 Å². The van der Waals surface area contributed by atoms with Crippen molar-refractivity contribution in [3.05, 3.63) is 184 Å². The van der Waals surface area contributed by atoms with E-state index < -0.39 is 0 Å². The molecule has 652 valence electrons. The molecule has 6 aliphatic heterocycles. The van der Waals surface area contributed by atoms with E-state index >= 15 is 0 Å². The van der Waals surface area contributed by atoms with Crippen molar-refractivity contribution in [1.29, 1.82) is 0 Å². The Kier molecular flexibility index (Phi) is 29.2. The van der Waals surface area contributed by atoms with Gasteiger partial charge in [-0.05, 0) is 136 Å². The molecular formula is C98H123N25O2. The summed E-state index contributed by atoms with van der Waals surface area (Å²) in [6, 6.07) is 37.9. The minimum Gasteiger partial charge on any atom is -0.378 e. The first kappa shape index (κ1) is 88.6. The molecule has 0 bridgehead atoms. The van der Waals surface area contributed by atoms with Crippen LogP contribution in [0.1, 0.15) is 88.5 Å². The SMILES string of the molecule is CC.CC.CC.CC.CC.CN1CCN(c2ccc3c4cnccc4n(C)c3n2)CC1.Cn1c2ccncc2c2ccc(N3CCC3)nc21.Cn1c2ccncc2c2ccc(N3CCC3)nc21.Cn1c2ccncc2c2ccc(N3CCC3)nc21.Cn1c2ccncc2c2ccc(N3CCOCC3)nc21.Cn1c2ccncc2c2ccc(N3CCOCC3)nc21. The van der Waals surface area contributed by atoms with E-state index in [1.807, 2.05) is 180 Å². The van der Waals surface area contributed by atoms with E-state index in [2.05, 4.69) is 214 Å². The van der Waals surface area contributed by atoms with Crippen LogP contribution in [-0.4, -0.2) is 217 Å². The van der Waals surface area contributed by atoms with Gasteiger partial charge in [-0.3, -0.25) is 29.9 Å². The highest BCUT2D eigenvalue weighted by Gasteiger charge is 2.25. The van der Waals surface area contributed by atoms with Crippen LogP contribution in [-0.2, 0) is 51.8 Å². The van der Waals surface area contributed by atoms with E-state index in [4.69, 9.17) is 39.4 Å². The molecule has 6 saturated heterocycles. The standard InChI is InChI=1S/C16H19N5.2C15H16N4O.3C14H14N4.5C2H6/c1-19-7-9-21(10-8-19)15-4-3-12-13-11-17-6-5-14(13)20(2)16(12)18-15;2*1-18-13-4-5-16-10-12(13)11-2-3-14(17-15(11)18)19-6-8-20-9-7-19;3*1-17-12-5-6-15-9-11(12)10-3-4-13(16-14(10)17)18-7-2-8-18;5*1-2/h3-6,11H,7-10H2,1-2H3;2*2-5,10H,6-9H2,1H3;3*3-6,9H,2,7-8H2,1H3;5*1-2H3. The molecule has 0 radical (unpaired) electrons. The van der Waals surface area contributed by atoms with Crippen molar-refractivity contribution in [1.82, 2.24) is 92.1 Å². The molecule has 0 amide bonds. The zero-order chi connectivity index (χ0) is 87.8. The summed E-state index contributed by atoms with van der Waals surface area (Å²) in [4.78, 5) is 70.5. The van der Waals surface area contributed by atoms with Gasteiger partial charge in [0.15, 0.2) is 0 Å². The number of anilines is 6. The van der Waals surface area contributed by atoms with E-state index in [-0.39, 0.29) is 0 Å².